The van der Waals surface area contributed by atoms with Crippen LogP contribution in [0.15, 0.2) is 29.8 Å². The van der Waals surface area contributed by atoms with E-state index in [0.29, 0.717) is 23.1 Å². The summed E-state index contributed by atoms with van der Waals surface area (Å²) in [4.78, 5) is 8.56. The molecule has 0 saturated carbocycles. The monoisotopic (exact) mass is 319 g/mol. The zero-order chi connectivity index (χ0) is 15.5. The maximum Gasteiger partial charge on any atom is 0.137 e. The van der Waals surface area contributed by atoms with Gasteiger partial charge in [-0.15, -0.1) is 11.3 Å². The highest BCUT2D eigenvalue weighted by molar-refractivity contribution is 7.09. The Morgan fingerprint density at radius 2 is 2.14 bits per heavy atom. The van der Waals surface area contributed by atoms with Gasteiger partial charge in [-0.05, 0) is 30.9 Å². The fraction of sp³-hybridized carbons (Fsp3) is 0.250. The van der Waals surface area contributed by atoms with Gasteiger partial charge in [0.1, 0.15) is 17.5 Å². The average molecular weight is 319 g/mol. The normalized spacial score (nSPS) is 11.0. The van der Waals surface area contributed by atoms with E-state index in [2.05, 4.69) is 15.3 Å². The molecule has 0 radical (unpaired) electrons. The van der Waals surface area contributed by atoms with Crippen LogP contribution in [0.3, 0.4) is 0 Å². The van der Waals surface area contributed by atoms with Crippen molar-refractivity contribution in [3.05, 3.63) is 52.1 Å². The summed E-state index contributed by atoms with van der Waals surface area (Å²) in [5.41, 5.74) is 1.03. The van der Waals surface area contributed by atoms with Crippen LogP contribution in [-0.4, -0.2) is 16.5 Å². The van der Waals surface area contributed by atoms with Gasteiger partial charge in [-0.3, -0.25) is 0 Å². The molecule has 6 heteroatoms. The summed E-state index contributed by atoms with van der Waals surface area (Å²) < 4.78 is 27.2. The summed E-state index contributed by atoms with van der Waals surface area (Å²) in [5, 5.41) is 7.08. The molecule has 0 unspecified atom stereocenters. The lowest BCUT2D eigenvalue weighted by Crippen LogP contribution is -2.05. The van der Waals surface area contributed by atoms with Crippen LogP contribution < -0.4 is 5.32 Å². The molecule has 1 aromatic carbocycles. The maximum absolute atomic E-state index is 14.0. The molecule has 0 saturated heterocycles. The number of halogens is 2. The largest absolute Gasteiger partial charge is 0.369 e. The van der Waals surface area contributed by atoms with Crippen molar-refractivity contribution in [1.82, 2.24) is 9.97 Å². The summed E-state index contributed by atoms with van der Waals surface area (Å²) in [7, 11) is 0. The highest BCUT2D eigenvalue weighted by Gasteiger charge is 2.09. The van der Waals surface area contributed by atoms with E-state index in [0.717, 1.165) is 29.6 Å². The Morgan fingerprint density at radius 3 is 2.91 bits per heavy atom. The van der Waals surface area contributed by atoms with E-state index in [4.69, 9.17) is 0 Å². The molecule has 2 aromatic heterocycles. The first-order chi connectivity index (χ1) is 10.6. The summed E-state index contributed by atoms with van der Waals surface area (Å²) in [5.74, 6) is -0.729. The van der Waals surface area contributed by atoms with Gasteiger partial charge in [0.15, 0.2) is 0 Å². The molecule has 3 nitrogen and oxygen atoms in total. The summed E-state index contributed by atoms with van der Waals surface area (Å²) >= 11 is 1.65. The minimum Gasteiger partial charge on any atom is -0.369 e. The number of aromatic nitrogens is 2. The van der Waals surface area contributed by atoms with E-state index in [1.165, 1.54) is 6.07 Å². The Hall–Kier alpha value is -2.08. The van der Waals surface area contributed by atoms with Crippen molar-refractivity contribution in [2.75, 3.05) is 11.9 Å². The van der Waals surface area contributed by atoms with Crippen molar-refractivity contribution in [2.45, 2.75) is 19.8 Å². The molecule has 0 amide bonds. The molecule has 0 spiro atoms. The molecule has 1 N–H and O–H groups in total. The molecule has 114 valence electrons. The lowest BCUT2D eigenvalue weighted by molar-refractivity contribution is 0.592. The number of hydrogen-bond acceptors (Lipinski definition) is 4. The minimum absolute atomic E-state index is 0.328. The topological polar surface area (TPSA) is 37.8 Å². The van der Waals surface area contributed by atoms with Crippen molar-refractivity contribution in [1.29, 1.82) is 0 Å². The van der Waals surface area contributed by atoms with Crippen molar-refractivity contribution in [2.24, 2.45) is 0 Å². The van der Waals surface area contributed by atoms with Crippen molar-refractivity contribution in [3.63, 3.8) is 0 Å². The number of nitrogens with zero attached hydrogens (tertiary/aromatic N) is 2. The first kappa shape index (κ1) is 14.8. The van der Waals surface area contributed by atoms with Gasteiger partial charge in [-0.1, -0.05) is 0 Å². The van der Waals surface area contributed by atoms with Gasteiger partial charge in [-0.25, -0.2) is 18.7 Å². The summed E-state index contributed by atoms with van der Waals surface area (Å²) in [6.45, 7) is 2.63. The third-order valence-electron chi connectivity index (χ3n) is 3.31. The number of hydrogen-bond donors (Lipinski definition) is 1. The van der Waals surface area contributed by atoms with Crippen LogP contribution in [0.25, 0.3) is 10.8 Å². The molecule has 3 aromatic rings. The third kappa shape index (κ3) is 3.22. The molecule has 0 atom stereocenters. The number of fused-ring (bicyclic) bond motifs is 1. The average Bonchev–Trinajstić information content (AvgIpc) is 2.88. The molecule has 2 heterocycles. The molecule has 0 aliphatic heterocycles. The van der Waals surface area contributed by atoms with Gasteiger partial charge in [0.25, 0.3) is 0 Å². The number of pyridine rings is 1. The van der Waals surface area contributed by atoms with Gasteiger partial charge in [0.2, 0.25) is 0 Å². The van der Waals surface area contributed by atoms with Crippen LogP contribution in [0.2, 0.25) is 0 Å². The first-order valence-corrected chi connectivity index (χ1v) is 7.90. The van der Waals surface area contributed by atoms with Gasteiger partial charge in [-0.2, -0.15) is 0 Å². The van der Waals surface area contributed by atoms with Crippen LogP contribution in [0.1, 0.15) is 17.1 Å². The van der Waals surface area contributed by atoms with E-state index in [9.17, 15) is 8.78 Å². The fourth-order valence-corrected chi connectivity index (χ4v) is 3.15. The lowest BCUT2D eigenvalue weighted by Gasteiger charge is -2.09. The van der Waals surface area contributed by atoms with Crippen LogP contribution >= 0.6 is 11.3 Å². The van der Waals surface area contributed by atoms with Crippen LogP contribution in [0.5, 0.6) is 0 Å². The van der Waals surface area contributed by atoms with Crippen molar-refractivity contribution in [3.8, 4) is 0 Å². The zero-order valence-corrected chi connectivity index (χ0v) is 12.9. The third-order valence-corrected chi connectivity index (χ3v) is 4.33. The number of rotatable bonds is 5. The number of anilines is 1. The minimum atomic E-state index is -0.596. The van der Waals surface area contributed by atoms with Crippen LogP contribution in [0.4, 0.5) is 14.6 Å². The van der Waals surface area contributed by atoms with E-state index in [1.807, 2.05) is 12.3 Å². The first-order valence-electron chi connectivity index (χ1n) is 7.02. The van der Waals surface area contributed by atoms with Gasteiger partial charge < -0.3 is 5.32 Å². The standard InChI is InChI=1S/C16H15F2N3S/c1-10-9-22-14(21-10)3-2-5-19-16-15-11(4-6-20-16)7-12(17)8-13(15)18/h4,6-9H,2-3,5H2,1H3,(H,19,20). The predicted molar refractivity (Wildman–Crippen MR) is 85.3 cm³/mol. The second-order valence-electron chi connectivity index (χ2n) is 5.06. The second kappa shape index (κ2) is 6.36. The van der Waals surface area contributed by atoms with Crippen molar-refractivity contribution < 1.29 is 8.78 Å². The van der Waals surface area contributed by atoms with Crippen LogP contribution in [0, 0.1) is 18.6 Å². The van der Waals surface area contributed by atoms with E-state index in [1.54, 1.807) is 23.6 Å². The Kier molecular flexibility index (Phi) is 4.29. The van der Waals surface area contributed by atoms with Gasteiger partial charge >= 0.3 is 0 Å². The Balaban J connectivity index is 1.69. The summed E-state index contributed by atoms with van der Waals surface area (Å²) in [6.07, 6.45) is 3.29. The molecule has 22 heavy (non-hydrogen) atoms. The molecule has 0 aliphatic carbocycles. The fourth-order valence-electron chi connectivity index (χ4n) is 2.33. The van der Waals surface area contributed by atoms with Crippen LogP contribution in [-0.2, 0) is 6.42 Å². The Labute approximate surface area is 131 Å². The molecule has 3 rings (SSSR count). The molecular weight excluding hydrogens is 304 g/mol. The maximum atomic E-state index is 14.0. The SMILES string of the molecule is Cc1csc(CCCNc2nccc3cc(F)cc(F)c23)n1. The van der Waals surface area contributed by atoms with Crippen molar-refractivity contribution >= 4 is 27.9 Å². The number of nitrogens with one attached hydrogen (secondary N) is 1. The Bertz CT molecular complexity index is 801. The second-order valence-corrected chi connectivity index (χ2v) is 6.00. The summed E-state index contributed by atoms with van der Waals surface area (Å²) in [6, 6.07) is 3.79. The molecule has 0 fully saturated rings. The highest BCUT2D eigenvalue weighted by atomic mass is 32.1. The Morgan fingerprint density at radius 1 is 1.27 bits per heavy atom. The van der Waals surface area contributed by atoms with E-state index in [-0.39, 0.29) is 0 Å². The van der Waals surface area contributed by atoms with E-state index < -0.39 is 11.6 Å². The van der Waals surface area contributed by atoms with Gasteiger partial charge in [0, 0.05) is 36.3 Å². The molecule has 0 aliphatic rings. The predicted octanol–water partition coefficient (Wildman–Crippen LogP) is 4.32. The number of aryl methyl sites for hydroxylation is 2. The lowest BCUT2D eigenvalue weighted by atomic mass is 10.1. The zero-order valence-electron chi connectivity index (χ0n) is 12.1. The highest BCUT2D eigenvalue weighted by Crippen LogP contribution is 2.25. The number of benzene rings is 1. The van der Waals surface area contributed by atoms with Gasteiger partial charge in [0.05, 0.1) is 10.4 Å². The molecule has 0 bridgehead atoms. The van der Waals surface area contributed by atoms with E-state index >= 15 is 0 Å². The molecular formula is C16H15F2N3S. The number of thiazole rings is 1. The smallest absolute Gasteiger partial charge is 0.137 e. The quantitative estimate of drug-likeness (QED) is 0.712.